The van der Waals surface area contributed by atoms with E-state index in [1.54, 1.807) is 24.7 Å². The summed E-state index contributed by atoms with van der Waals surface area (Å²) in [5.74, 6) is 0.636. The normalized spacial score (nSPS) is 21.7. The third-order valence-electron chi connectivity index (χ3n) is 4.81. The molecule has 0 radical (unpaired) electrons. The number of thiazole rings is 1. The Bertz CT molecular complexity index is 926. The van der Waals surface area contributed by atoms with Crippen molar-refractivity contribution in [1.82, 2.24) is 25.1 Å². The van der Waals surface area contributed by atoms with Gasteiger partial charge in [0.1, 0.15) is 16.5 Å². The number of nitrogens with one attached hydrogen (secondary N) is 1. The fraction of sp³-hybridized carbons (Fsp3) is 0.389. The topological polar surface area (TPSA) is 96.7 Å². The van der Waals surface area contributed by atoms with Crippen LogP contribution in [0.3, 0.4) is 0 Å². The van der Waals surface area contributed by atoms with Crippen molar-refractivity contribution in [3.8, 4) is 10.7 Å². The molecule has 1 aliphatic rings. The first-order valence-corrected chi connectivity index (χ1v) is 9.52. The molecule has 7 nitrogen and oxygen atoms in total. The molecule has 4 rings (SSSR count). The summed E-state index contributed by atoms with van der Waals surface area (Å²) in [5, 5.41) is 21.2. The second kappa shape index (κ2) is 7.24. The maximum absolute atomic E-state index is 14.3. The fourth-order valence-corrected chi connectivity index (χ4v) is 4.39. The predicted molar refractivity (Wildman–Crippen MR) is 99.6 cm³/mol. The van der Waals surface area contributed by atoms with Gasteiger partial charge in [-0.25, -0.2) is 14.4 Å². The molecule has 0 amide bonds. The number of hydrogen-bond acceptors (Lipinski definition) is 8. The van der Waals surface area contributed by atoms with Crippen molar-refractivity contribution in [3.63, 3.8) is 0 Å². The molecule has 3 heterocycles. The second-order valence-electron chi connectivity index (χ2n) is 6.94. The first kappa shape index (κ1) is 17.9. The molecule has 1 saturated carbocycles. The van der Waals surface area contributed by atoms with Crippen LogP contribution in [0, 0.1) is 11.7 Å². The summed E-state index contributed by atoms with van der Waals surface area (Å²) in [5.41, 5.74) is 0.700. The third-order valence-corrected chi connectivity index (χ3v) is 5.82. The van der Waals surface area contributed by atoms with Gasteiger partial charge in [-0.3, -0.25) is 4.98 Å². The van der Waals surface area contributed by atoms with Crippen molar-refractivity contribution in [3.05, 3.63) is 47.1 Å². The van der Waals surface area contributed by atoms with Crippen molar-refractivity contribution >= 4 is 17.3 Å². The minimum Gasteiger partial charge on any atom is -0.391 e. The summed E-state index contributed by atoms with van der Waals surface area (Å²) in [4.78, 5) is 13.5. The molecular weight excluding hydrogens is 367 g/mol. The molecule has 3 aromatic rings. The molecule has 0 atom stereocenters. The van der Waals surface area contributed by atoms with E-state index in [4.69, 9.17) is 5.11 Å². The monoisotopic (exact) mass is 386 g/mol. The molecule has 0 saturated heterocycles. The van der Waals surface area contributed by atoms with E-state index >= 15 is 0 Å². The summed E-state index contributed by atoms with van der Waals surface area (Å²) < 4.78 is 14.3. The Balaban J connectivity index is 1.48. The molecular formula is C18H19FN6OS. The highest BCUT2D eigenvalue weighted by Crippen LogP contribution is 2.47. The molecule has 1 fully saturated rings. The zero-order chi connectivity index (χ0) is 18.9. The van der Waals surface area contributed by atoms with Gasteiger partial charge in [0.2, 0.25) is 5.95 Å². The number of aliphatic hydroxyl groups is 1. The van der Waals surface area contributed by atoms with Crippen LogP contribution in [0.2, 0.25) is 0 Å². The maximum Gasteiger partial charge on any atom is 0.242 e. The number of rotatable bonds is 6. The second-order valence-corrected chi connectivity index (χ2v) is 8.05. The maximum atomic E-state index is 14.3. The van der Waals surface area contributed by atoms with Crippen molar-refractivity contribution in [2.45, 2.75) is 31.8 Å². The van der Waals surface area contributed by atoms with Crippen molar-refractivity contribution in [2.75, 3.05) is 11.9 Å². The first-order valence-electron chi connectivity index (χ1n) is 8.70. The van der Waals surface area contributed by atoms with Gasteiger partial charge in [-0.05, 0) is 30.9 Å². The zero-order valence-electron chi connectivity index (χ0n) is 14.8. The smallest absolute Gasteiger partial charge is 0.242 e. The van der Waals surface area contributed by atoms with Gasteiger partial charge in [0.15, 0.2) is 0 Å². The standard InChI is InChI=1S/C18H19FN6OS/c1-11-5-18(6-11,15-13(19)3-2-4-20-15)10-23-17-22-8-14(24-25-17)16-21-7-12(9-26)27-16/h2-4,7-8,11,26H,5-6,9-10H2,1H3,(H,22,23,25)/t11-,18-. The highest BCUT2D eigenvalue weighted by molar-refractivity contribution is 7.14. The van der Waals surface area contributed by atoms with E-state index in [0.717, 1.165) is 17.7 Å². The van der Waals surface area contributed by atoms with Crippen LogP contribution in [0.5, 0.6) is 0 Å². The Hall–Kier alpha value is -2.52. The molecule has 9 heteroatoms. The average Bonchev–Trinajstić information content (AvgIpc) is 3.14. The van der Waals surface area contributed by atoms with Gasteiger partial charge in [0.25, 0.3) is 0 Å². The summed E-state index contributed by atoms with van der Waals surface area (Å²) in [6.45, 7) is 2.60. The van der Waals surface area contributed by atoms with Crippen molar-refractivity contribution in [2.24, 2.45) is 5.92 Å². The van der Waals surface area contributed by atoms with Gasteiger partial charge < -0.3 is 10.4 Å². The number of halogens is 1. The largest absolute Gasteiger partial charge is 0.391 e. The molecule has 0 spiro atoms. The minimum atomic E-state index is -0.349. The number of hydrogen-bond donors (Lipinski definition) is 2. The summed E-state index contributed by atoms with van der Waals surface area (Å²) in [7, 11) is 0. The molecule has 3 aromatic heterocycles. The molecule has 140 valence electrons. The van der Waals surface area contributed by atoms with E-state index < -0.39 is 0 Å². The number of pyridine rings is 1. The zero-order valence-corrected chi connectivity index (χ0v) is 15.6. The molecule has 1 aliphatic carbocycles. The van der Waals surface area contributed by atoms with Crippen LogP contribution >= 0.6 is 11.3 Å². The lowest BCUT2D eigenvalue weighted by Gasteiger charge is -2.46. The summed E-state index contributed by atoms with van der Waals surface area (Å²) in [6.07, 6.45) is 6.55. The Kier molecular flexibility index (Phi) is 4.79. The van der Waals surface area contributed by atoms with Gasteiger partial charge in [-0.1, -0.05) is 6.92 Å². The van der Waals surface area contributed by atoms with Crippen molar-refractivity contribution < 1.29 is 9.50 Å². The van der Waals surface area contributed by atoms with Crippen LogP contribution in [-0.2, 0) is 12.0 Å². The van der Waals surface area contributed by atoms with Crippen molar-refractivity contribution in [1.29, 1.82) is 0 Å². The van der Waals surface area contributed by atoms with Gasteiger partial charge in [0, 0.05) is 24.4 Å². The third kappa shape index (κ3) is 3.52. The molecule has 0 unspecified atom stereocenters. The minimum absolute atomic E-state index is 0.0528. The highest BCUT2D eigenvalue weighted by atomic mass is 32.1. The van der Waals surface area contributed by atoms with Gasteiger partial charge in [-0.2, -0.15) is 0 Å². The van der Waals surface area contributed by atoms with E-state index in [0.29, 0.717) is 34.8 Å². The number of aliphatic hydroxyl groups excluding tert-OH is 1. The van der Waals surface area contributed by atoms with Gasteiger partial charge in [-0.15, -0.1) is 21.5 Å². The lowest BCUT2D eigenvalue weighted by molar-refractivity contribution is 0.159. The highest BCUT2D eigenvalue weighted by Gasteiger charge is 2.46. The van der Waals surface area contributed by atoms with Crippen LogP contribution in [-0.4, -0.2) is 36.8 Å². The van der Waals surface area contributed by atoms with E-state index in [1.165, 1.54) is 17.4 Å². The summed E-state index contributed by atoms with van der Waals surface area (Å²) >= 11 is 1.35. The number of aromatic nitrogens is 5. The fourth-order valence-electron chi connectivity index (χ4n) is 3.67. The Morgan fingerprint density at radius 1 is 1.26 bits per heavy atom. The van der Waals surface area contributed by atoms with Gasteiger partial charge >= 0.3 is 0 Å². The van der Waals surface area contributed by atoms with Crippen LogP contribution in [0.1, 0.15) is 30.3 Å². The average molecular weight is 386 g/mol. The van der Waals surface area contributed by atoms with E-state index in [2.05, 4.69) is 37.4 Å². The molecule has 2 N–H and O–H groups in total. The van der Waals surface area contributed by atoms with Gasteiger partial charge in [0.05, 0.1) is 23.4 Å². The number of anilines is 1. The van der Waals surface area contributed by atoms with Crippen LogP contribution in [0.25, 0.3) is 10.7 Å². The summed E-state index contributed by atoms with van der Waals surface area (Å²) in [6, 6.07) is 3.06. The predicted octanol–water partition coefficient (Wildman–Crippen LogP) is 2.80. The molecule has 0 aromatic carbocycles. The molecule has 27 heavy (non-hydrogen) atoms. The Morgan fingerprint density at radius 3 is 2.74 bits per heavy atom. The van der Waals surface area contributed by atoms with Crippen LogP contribution < -0.4 is 5.32 Å². The quantitative estimate of drug-likeness (QED) is 0.672. The first-order chi connectivity index (χ1) is 13.1. The van der Waals surface area contributed by atoms with Crippen LogP contribution in [0.15, 0.2) is 30.7 Å². The molecule has 0 aliphatic heterocycles. The van der Waals surface area contributed by atoms with Crippen LogP contribution in [0.4, 0.5) is 10.3 Å². The SMILES string of the molecule is C[C@H]1C[C@](CNc2ncc(-c3ncc(CO)s3)nn2)(c2ncccc2F)C1. The Labute approximate surface area is 159 Å². The Morgan fingerprint density at radius 2 is 2.11 bits per heavy atom. The number of nitrogens with zero attached hydrogens (tertiary/aromatic N) is 5. The lowest BCUT2D eigenvalue weighted by Crippen LogP contribution is -2.47. The van der Waals surface area contributed by atoms with E-state index in [1.807, 2.05) is 0 Å². The molecule has 0 bridgehead atoms. The van der Waals surface area contributed by atoms with E-state index in [9.17, 15) is 4.39 Å². The lowest BCUT2D eigenvalue weighted by atomic mass is 9.60. The van der Waals surface area contributed by atoms with E-state index in [-0.39, 0.29) is 17.8 Å².